The zero-order chi connectivity index (χ0) is 16.5. The Kier molecular flexibility index (Phi) is 16.9. The van der Waals surface area contributed by atoms with Gasteiger partial charge in [0.1, 0.15) is 0 Å². The number of hydrogen-bond donors (Lipinski definition) is 0. The predicted octanol–water partition coefficient (Wildman–Crippen LogP) is 8.46. The average Bonchev–Trinajstić information content (AvgIpc) is 2.50. The Labute approximate surface area is 142 Å². The van der Waals surface area contributed by atoms with Gasteiger partial charge < -0.3 is 0 Å². The summed E-state index contributed by atoms with van der Waals surface area (Å²) < 4.78 is 0. The van der Waals surface area contributed by atoms with Gasteiger partial charge in [0.2, 0.25) is 0 Å². The summed E-state index contributed by atoms with van der Waals surface area (Å²) >= 11 is 0. The second-order valence-electron chi connectivity index (χ2n) is 7.66. The van der Waals surface area contributed by atoms with E-state index in [0.717, 1.165) is 5.92 Å². The first-order chi connectivity index (χ1) is 10.7. The maximum absolute atomic E-state index is 2.34. The van der Waals surface area contributed by atoms with E-state index < -0.39 is 0 Å². The summed E-state index contributed by atoms with van der Waals surface area (Å²) in [5.41, 5.74) is 1.56. The van der Waals surface area contributed by atoms with E-state index in [2.05, 4.69) is 33.8 Å². The van der Waals surface area contributed by atoms with Crippen molar-refractivity contribution in [3.8, 4) is 0 Å². The van der Waals surface area contributed by atoms with Crippen LogP contribution in [0.3, 0.4) is 0 Å². The molecule has 0 radical (unpaired) electrons. The molecule has 0 spiro atoms. The third-order valence-electron chi connectivity index (χ3n) is 4.85. The van der Waals surface area contributed by atoms with Gasteiger partial charge in [0.15, 0.2) is 0 Å². The summed E-state index contributed by atoms with van der Waals surface area (Å²) in [5.74, 6) is 0.895. The monoisotopic (exact) mass is 308 g/mol. The van der Waals surface area contributed by atoms with Gasteiger partial charge in [0.05, 0.1) is 0 Å². The van der Waals surface area contributed by atoms with Gasteiger partial charge in [-0.15, -0.1) is 0 Å². The van der Waals surface area contributed by atoms with E-state index in [1.807, 2.05) is 0 Å². The molecule has 0 aliphatic carbocycles. The fraction of sp³-hybridized carbons (Fsp3) is 0.909. The SMILES string of the molecule is CC=C(C)CCCCCCCCCCCCCCCC(C)C. The fourth-order valence-electron chi connectivity index (χ4n) is 3.05. The number of rotatable bonds is 16. The topological polar surface area (TPSA) is 0 Å². The molecule has 0 aromatic carbocycles. The molecule has 0 unspecified atom stereocenters. The Hall–Kier alpha value is -0.260. The van der Waals surface area contributed by atoms with Crippen LogP contribution in [0.5, 0.6) is 0 Å². The molecule has 0 aliphatic heterocycles. The van der Waals surface area contributed by atoms with Gasteiger partial charge >= 0.3 is 0 Å². The summed E-state index contributed by atoms with van der Waals surface area (Å²) in [4.78, 5) is 0. The van der Waals surface area contributed by atoms with Crippen LogP contribution >= 0.6 is 0 Å². The lowest BCUT2D eigenvalue weighted by molar-refractivity contribution is 0.502. The second kappa shape index (κ2) is 17.1. The van der Waals surface area contributed by atoms with Crippen LogP contribution in [0.15, 0.2) is 11.6 Å². The highest BCUT2D eigenvalue weighted by molar-refractivity contribution is 4.94. The van der Waals surface area contributed by atoms with Gasteiger partial charge in [-0.05, 0) is 32.6 Å². The Balaban J connectivity index is 3.03. The van der Waals surface area contributed by atoms with Crippen molar-refractivity contribution in [2.24, 2.45) is 5.92 Å². The number of hydrogen-bond acceptors (Lipinski definition) is 0. The van der Waals surface area contributed by atoms with E-state index in [1.165, 1.54) is 96.3 Å². The molecule has 132 valence electrons. The smallest absolute Gasteiger partial charge is 0.0323 e. The molecule has 0 N–H and O–H groups in total. The Morgan fingerprint density at radius 1 is 0.636 bits per heavy atom. The van der Waals surface area contributed by atoms with Crippen LogP contribution in [0.2, 0.25) is 0 Å². The molecule has 0 aromatic rings. The predicted molar refractivity (Wildman–Crippen MR) is 104 cm³/mol. The summed E-state index contributed by atoms with van der Waals surface area (Å²) in [6, 6.07) is 0. The molecule has 0 heteroatoms. The van der Waals surface area contributed by atoms with Gasteiger partial charge in [0, 0.05) is 0 Å². The van der Waals surface area contributed by atoms with Crippen LogP contribution in [0.4, 0.5) is 0 Å². The van der Waals surface area contributed by atoms with Gasteiger partial charge in [-0.2, -0.15) is 0 Å². The lowest BCUT2D eigenvalue weighted by Gasteiger charge is -2.05. The first-order valence-electron chi connectivity index (χ1n) is 10.3. The number of allylic oxidation sites excluding steroid dienone is 2. The van der Waals surface area contributed by atoms with Gasteiger partial charge in [-0.3, -0.25) is 0 Å². The van der Waals surface area contributed by atoms with Crippen molar-refractivity contribution in [1.82, 2.24) is 0 Å². The third kappa shape index (κ3) is 17.8. The van der Waals surface area contributed by atoms with Crippen molar-refractivity contribution in [3.63, 3.8) is 0 Å². The van der Waals surface area contributed by atoms with Crippen molar-refractivity contribution in [1.29, 1.82) is 0 Å². The standard InChI is InChI=1S/C22H44/c1-5-22(4)20-18-16-14-12-10-8-6-7-9-11-13-15-17-19-21(2)3/h5,21H,6-20H2,1-4H3. The third-order valence-corrected chi connectivity index (χ3v) is 4.85. The zero-order valence-corrected chi connectivity index (χ0v) is 16.3. The van der Waals surface area contributed by atoms with Crippen molar-refractivity contribution in [3.05, 3.63) is 11.6 Å². The van der Waals surface area contributed by atoms with Crippen LogP contribution in [0, 0.1) is 5.92 Å². The average molecular weight is 309 g/mol. The van der Waals surface area contributed by atoms with E-state index in [9.17, 15) is 0 Å². The molecule has 0 saturated heterocycles. The Morgan fingerprint density at radius 3 is 1.36 bits per heavy atom. The second-order valence-corrected chi connectivity index (χ2v) is 7.66. The highest BCUT2D eigenvalue weighted by Gasteiger charge is 1.96. The van der Waals surface area contributed by atoms with E-state index in [4.69, 9.17) is 0 Å². The molecule has 0 saturated carbocycles. The first kappa shape index (κ1) is 21.7. The molecule has 0 amide bonds. The molecule has 0 aliphatic rings. The minimum Gasteiger partial charge on any atom is -0.0887 e. The van der Waals surface area contributed by atoms with E-state index in [0.29, 0.717) is 0 Å². The molecule has 0 bridgehead atoms. The number of unbranched alkanes of at least 4 members (excludes halogenated alkanes) is 12. The molecule has 0 heterocycles. The molecular formula is C22H44. The summed E-state index contributed by atoms with van der Waals surface area (Å²) in [7, 11) is 0. The van der Waals surface area contributed by atoms with E-state index >= 15 is 0 Å². The normalized spacial score (nSPS) is 12.3. The summed E-state index contributed by atoms with van der Waals surface area (Å²) in [6.45, 7) is 9.08. The minimum atomic E-state index is 0.895. The zero-order valence-electron chi connectivity index (χ0n) is 16.3. The van der Waals surface area contributed by atoms with E-state index in [1.54, 1.807) is 5.57 Å². The van der Waals surface area contributed by atoms with Crippen molar-refractivity contribution in [2.75, 3.05) is 0 Å². The lowest BCUT2D eigenvalue weighted by Crippen LogP contribution is -1.87. The Bertz CT molecular complexity index is 236. The highest BCUT2D eigenvalue weighted by Crippen LogP contribution is 2.15. The van der Waals surface area contributed by atoms with Crippen molar-refractivity contribution in [2.45, 2.75) is 124 Å². The molecule has 0 atom stereocenters. The molecule has 0 aromatic heterocycles. The van der Waals surface area contributed by atoms with Gasteiger partial charge in [0.25, 0.3) is 0 Å². The molecular weight excluding hydrogens is 264 g/mol. The van der Waals surface area contributed by atoms with Crippen LogP contribution < -0.4 is 0 Å². The van der Waals surface area contributed by atoms with Crippen LogP contribution in [0.1, 0.15) is 124 Å². The molecule has 0 rings (SSSR count). The van der Waals surface area contributed by atoms with Crippen molar-refractivity contribution >= 4 is 0 Å². The molecule has 22 heavy (non-hydrogen) atoms. The van der Waals surface area contributed by atoms with Crippen LogP contribution in [0.25, 0.3) is 0 Å². The van der Waals surface area contributed by atoms with Crippen molar-refractivity contribution < 1.29 is 0 Å². The highest BCUT2D eigenvalue weighted by atomic mass is 14.0. The maximum atomic E-state index is 2.34. The molecule has 0 nitrogen and oxygen atoms in total. The van der Waals surface area contributed by atoms with Crippen LogP contribution in [-0.4, -0.2) is 0 Å². The first-order valence-corrected chi connectivity index (χ1v) is 10.3. The lowest BCUT2D eigenvalue weighted by atomic mass is 10.0. The summed E-state index contributed by atoms with van der Waals surface area (Å²) in [5, 5.41) is 0. The van der Waals surface area contributed by atoms with E-state index in [-0.39, 0.29) is 0 Å². The maximum Gasteiger partial charge on any atom is -0.0323 e. The van der Waals surface area contributed by atoms with Gasteiger partial charge in [-0.1, -0.05) is 109 Å². The fourth-order valence-corrected chi connectivity index (χ4v) is 3.05. The van der Waals surface area contributed by atoms with Crippen LogP contribution in [-0.2, 0) is 0 Å². The quantitative estimate of drug-likeness (QED) is 0.198. The van der Waals surface area contributed by atoms with Gasteiger partial charge in [-0.25, -0.2) is 0 Å². The molecule has 0 fully saturated rings. The summed E-state index contributed by atoms with van der Waals surface area (Å²) in [6.07, 6.45) is 24.0. The largest absolute Gasteiger partial charge is 0.0887 e. The minimum absolute atomic E-state index is 0.895. The Morgan fingerprint density at radius 2 is 1.00 bits per heavy atom.